The number of carbonyl (C=O) groups excluding carboxylic acids is 1. The van der Waals surface area contributed by atoms with Crippen molar-refractivity contribution >= 4 is 18.1 Å². The molecule has 124 valence electrons. The van der Waals surface area contributed by atoms with Crippen molar-refractivity contribution in [2.75, 3.05) is 7.11 Å². The van der Waals surface area contributed by atoms with E-state index in [-0.39, 0.29) is 0 Å². The molecule has 0 aliphatic rings. The van der Waals surface area contributed by atoms with Gasteiger partial charge in [-0.15, -0.1) is 0 Å². The van der Waals surface area contributed by atoms with E-state index in [1.54, 1.807) is 43.5 Å². The molecule has 0 atom stereocenters. The molecule has 0 aliphatic carbocycles. The number of hydrogen-bond acceptors (Lipinski definition) is 3. The van der Waals surface area contributed by atoms with Gasteiger partial charge in [-0.3, -0.25) is 0 Å². The average Bonchev–Trinajstić information content (AvgIpc) is 2.68. The van der Waals surface area contributed by atoms with E-state index < -0.39 is 5.97 Å². The first-order valence-electron chi connectivity index (χ1n) is 7.94. The topological polar surface area (TPSA) is 35.5 Å². The van der Waals surface area contributed by atoms with Crippen LogP contribution in [0.5, 0.6) is 11.5 Å². The first kappa shape index (κ1) is 16.5. The molecule has 0 heterocycles. The van der Waals surface area contributed by atoms with Crippen LogP contribution in [0.2, 0.25) is 0 Å². The molecule has 0 saturated heterocycles. The lowest BCUT2D eigenvalue weighted by Gasteiger charge is -2.05. The van der Waals surface area contributed by atoms with E-state index in [0.29, 0.717) is 17.1 Å². The molecule has 0 aromatic heterocycles. The Morgan fingerprint density at radius 3 is 1.88 bits per heavy atom. The Labute approximate surface area is 147 Å². The molecule has 0 aliphatic heterocycles. The molecule has 0 N–H and O–H groups in total. The summed E-state index contributed by atoms with van der Waals surface area (Å²) >= 11 is 0. The van der Waals surface area contributed by atoms with E-state index in [1.807, 2.05) is 54.6 Å². The van der Waals surface area contributed by atoms with Gasteiger partial charge in [-0.25, -0.2) is 4.79 Å². The van der Waals surface area contributed by atoms with Gasteiger partial charge >= 0.3 is 5.97 Å². The van der Waals surface area contributed by atoms with Crippen molar-refractivity contribution in [3.05, 3.63) is 95.6 Å². The van der Waals surface area contributed by atoms with Gasteiger partial charge in [-0.1, -0.05) is 54.6 Å². The Morgan fingerprint density at radius 2 is 1.28 bits per heavy atom. The fraction of sp³-hybridized carbons (Fsp3) is 0.0455. The van der Waals surface area contributed by atoms with Crippen LogP contribution in [0.25, 0.3) is 12.2 Å². The molecule has 25 heavy (non-hydrogen) atoms. The number of hydrogen-bond donors (Lipinski definition) is 0. The average molecular weight is 330 g/mol. The first-order chi connectivity index (χ1) is 12.2. The molecule has 0 saturated carbocycles. The Hall–Kier alpha value is -3.33. The fourth-order valence-corrected chi connectivity index (χ4v) is 2.30. The quantitative estimate of drug-likeness (QED) is 0.371. The summed E-state index contributed by atoms with van der Waals surface area (Å²) in [5, 5.41) is 0. The van der Waals surface area contributed by atoms with Gasteiger partial charge in [0.05, 0.1) is 12.7 Å². The standard InChI is InChI=1S/C22H18O3/c1-24-20-15-11-19(12-16-20)22(23)25-21-13-9-18(10-14-21)8-7-17-5-3-2-4-6-17/h2-16H,1H3/b8-7+. The predicted molar refractivity (Wildman–Crippen MR) is 99.8 cm³/mol. The van der Waals surface area contributed by atoms with E-state index in [4.69, 9.17) is 9.47 Å². The highest BCUT2D eigenvalue weighted by atomic mass is 16.5. The van der Waals surface area contributed by atoms with Crippen LogP contribution in [0.3, 0.4) is 0 Å². The Morgan fingerprint density at radius 1 is 0.720 bits per heavy atom. The Balaban J connectivity index is 1.63. The lowest BCUT2D eigenvalue weighted by Crippen LogP contribution is -2.08. The minimum Gasteiger partial charge on any atom is -0.497 e. The van der Waals surface area contributed by atoms with Crippen LogP contribution in [-0.4, -0.2) is 13.1 Å². The second kappa shape index (κ2) is 7.97. The second-order valence-electron chi connectivity index (χ2n) is 5.43. The summed E-state index contributed by atoms with van der Waals surface area (Å²) in [6.45, 7) is 0. The Bertz CT molecular complexity index is 848. The van der Waals surface area contributed by atoms with Crippen molar-refractivity contribution in [2.45, 2.75) is 0 Å². The maximum Gasteiger partial charge on any atom is 0.343 e. The van der Waals surface area contributed by atoms with E-state index in [1.165, 1.54) is 0 Å². The molecule has 0 spiro atoms. The molecule has 0 amide bonds. The maximum atomic E-state index is 12.1. The van der Waals surface area contributed by atoms with Crippen molar-refractivity contribution in [3.63, 3.8) is 0 Å². The number of rotatable bonds is 5. The summed E-state index contributed by atoms with van der Waals surface area (Å²) in [6, 6.07) is 24.3. The summed E-state index contributed by atoms with van der Waals surface area (Å²) in [5.41, 5.74) is 2.65. The van der Waals surface area contributed by atoms with Crippen LogP contribution in [0.15, 0.2) is 78.9 Å². The van der Waals surface area contributed by atoms with Crippen molar-refractivity contribution in [3.8, 4) is 11.5 Å². The molecule has 0 unspecified atom stereocenters. The summed E-state index contributed by atoms with van der Waals surface area (Å²) in [4.78, 5) is 12.1. The lowest BCUT2D eigenvalue weighted by molar-refractivity contribution is 0.0734. The smallest absolute Gasteiger partial charge is 0.343 e. The zero-order chi connectivity index (χ0) is 17.5. The molecule has 3 rings (SSSR count). The number of esters is 1. The molecule has 3 heteroatoms. The van der Waals surface area contributed by atoms with Crippen LogP contribution in [0, 0.1) is 0 Å². The summed E-state index contributed by atoms with van der Waals surface area (Å²) < 4.78 is 10.5. The SMILES string of the molecule is COc1ccc(C(=O)Oc2ccc(/C=C/c3ccccc3)cc2)cc1. The lowest BCUT2D eigenvalue weighted by atomic mass is 10.1. The van der Waals surface area contributed by atoms with Crippen LogP contribution < -0.4 is 9.47 Å². The zero-order valence-electron chi connectivity index (χ0n) is 13.9. The molecular weight excluding hydrogens is 312 g/mol. The summed E-state index contributed by atoms with van der Waals surface area (Å²) in [5.74, 6) is 0.819. The van der Waals surface area contributed by atoms with Gasteiger partial charge in [0, 0.05) is 0 Å². The number of methoxy groups -OCH3 is 1. The normalized spacial score (nSPS) is 10.6. The number of carbonyl (C=O) groups is 1. The molecular formula is C22H18O3. The van der Waals surface area contributed by atoms with E-state index in [2.05, 4.69) is 0 Å². The highest BCUT2D eigenvalue weighted by Gasteiger charge is 2.08. The van der Waals surface area contributed by atoms with Crippen LogP contribution in [-0.2, 0) is 0 Å². The predicted octanol–water partition coefficient (Wildman–Crippen LogP) is 5.08. The highest BCUT2D eigenvalue weighted by molar-refractivity contribution is 5.91. The molecule has 0 bridgehead atoms. The third-order valence-corrected chi connectivity index (χ3v) is 3.68. The largest absolute Gasteiger partial charge is 0.497 e. The third kappa shape index (κ3) is 4.58. The van der Waals surface area contributed by atoms with Crippen LogP contribution in [0.1, 0.15) is 21.5 Å². The van der Waals surface area contributed by atoms with Crippen molar-refractivity contribution in [1.82, 2.24) is 0 Å². The van der Waals surface area contributed by atoms with Gasteiger partial charge in [-0.05, 0) is 47.5 Å². The van der Waals surface area contributed by atoms with E-state index >= 15 is 0 Å². The van der Waals surface area contributed by atoms with Crippen LogP contribution >= 0.6 is 0 Å². The minimum atomic E-state index is -0.393. The molecule has 3 nitrogen and oxygen atoms in total. The fourth-order valence-electron chi connectivity index (χ4n) is 2.30. The highest BCUT2D eigenvalue weighted by Crippen LogP contribution is 2.17. The van der Waals surface area contributed by atoms with Crippen molar-refractivity contribution in [1.29, 1.82) is 0 Å². The molecule has 0 fully saturated rings. The minimum absolute atomic E-state index is 0.393. The van der Waals surface area contributed by atoms with Gasteiger partial charge in [0.1, 0.15) is 11.5 Å². The van der Waals surface area contributed by atoms with Crippen LogP contribution in [0.4, 0.5) is 0 Å². The third-order valence-electron chi connectivity index (χ3n) is 3.68. The monoisotopic (exact) mass is 330 g/mol. The zero-order valence-corrected chi connectivity index (χ0v) is 13.9. The van der Waals surface area contributed by atoms with Crippen molar-refractivity contribution < 1.29 is 14.3 Å². The number of ether oxygens (including phenoxy) is 2. The van der Waals surface area contributed by atoms with Gasteiger partial charge in [0.15, 0.2) is 0 Å². The second-order valence-corrected chi connectivity index (χ2v) is 5.43. The van der Waals surface area contributed by atoms with E-state index in [9.17, 15) is 4.79 Å². The van der Waals surface area contributed by atoms with Crippen molar-refractivity contribution in [2.24, 2.45) is 0 Å². The molecule has 3 aromatic rings. The van der Waals surface area contributed by atoms with Gasteiger partial charge in [0.25, 0.3) is 0 Å². The van der Waals surface area contributed by atoms with Gasteiger partial charge in [-0.2, -0.15) is 0 Å². The number of benzene rings is 3. The maximum absolute atomic E-state index is 12.1. The van der Waals surface area contributed by atoms with Gasteiger partial charge < -0.3 is 9.47 Å². The summed E-state index contributed by atoms with van der Waals surface area (Å²) in [6.07, 6.45) is 4.06. The van der Waals surface area contributed by atoms with E-state index in [0.717, 1.165) is 11.1 Å². The Kier molecular flexibility index (Phi) is 5.27. The molecule has 0 radical (unpaired) electrons. The van der Waals surface area contributed by atoms with Gasteiger partial charge in [0.2, 0.25) is 0 Å². The summed E-state index contributed by atoms with van der Waals surface area (Å²) in [7, 11) is 1.58. The molecule has 3 aromatic carbocycles. The first-order valence-corrected chi connectivity index (χ1v) is 7.94.